The van der Waals surface area contributed by atoms with E-state index in [-0.39, 0.29) is 6.04 Å². The molecule has 1 N–H and O–H groups in total. The molecule has 3 atom stereocenters. The second-order valence-corrected chi connectivity index (χ2v) is 8.55. The van der Waals surface area contributed by atoms with Crippen LogP contribution in [0.15, 0.2) is 12.1 Å². The van der Waals surface area contributed by atoms with Gasteiger partial charge in [0.1, 0.15) is 0 Å². The number of piperidine rings is 1. The summed E-state index contributed by atoms with van der Waals surface area (Å²) in [5.74, 6) is 2.57. The lowest BCUT2D eigenvalue weighted by Gasteiger charge is -2.52. The molecule has 2 aliphatic rings. The van der Waals surface area contributed by atoms with E-state index < -0.39 is 5.60 Å². The lowest BCUT2D eigenvalue weighted by Crippen LogP contribution is -2.55. The van der Waals surface area contributed by atoms with E-state index in [1.165, 1.54) is 11.1 Å². The summed E-state index contributed by atoms with van der Waals surface area (Å²) in [7, 11) is 3.38. The third-order valence-corrected chi connectivity index (χ3v) is 6.31. The van der Waals surface area contributed by atoms with Crippen LogP contribution in [-0.4, -0.2) is 42.9 Å². The van der Waals surface area contributed by atoms with Crippen molar-refractivity contribution in [1.82, 2.24) is 4.90 Å². The number of ether oxygens (including phenoxy) is 2. The van der Waals surface area contributed by atoms with Crippen molar-refractivity contribution in [1.29, 1.82) is 0 Å². The van der Waals surface area contributed by atoms with Crippen LogP contribution in [0.2, 0.25) is 0 Å². The summed E-state index contributed by atoms with van der Waals surface area (Å²) in [6.45, 7) is 8.76. The van der Waals surface area contributed by atoms with Crippen molar-refractivity contribution in [2.75, 3.05) is 27.3 Å². The van der Waals surface area contributed by atoms with Gasteiger partial charge in [-0.2, -0.15) is 0 Å². The Morgan fingerprint density at radius 1 is 1.23 bits per heavy atom. The number of hydrogen-bond donors (Lipinski definition) is 1. The van der Waals surface area contributed by atoms with Gasteiger partial charge in [0.2, 0.25) is 0 Å². The zero-order valence-electron chi connectivity index (χ0n) is 17.0. The topological polar surface area (TPSA) is 41.9 Å². The van der Waals surface area contributed by atoms with Crippen LogP contribution in [-0.2, 0) is 6.42 Å². The van der Waals surface area contributed by atoms with E-state index in [4.69, 9.17) is 9.47 Å². The maximum Gasteiger partial charge on any atom is 0.161 e. The highest BCUT2D eigenvalue weighted by Gasteiger charge is 2.47. The molecule has 4 heteroatoms. The van der Waals surface area contributed by atoms with E-state index in [2.05, 4.69) is 37.8 Å². The molecule has 0 bridgehead atoms. The second-order valence-electron chi connectivity index (χ2n) is 8.55. The molecule has 4 nitrogen and oxygen atoms in total. The lowest BCUT2D eigenvalue weighted by atomic mass is 9.69. The summed E-state index contributed by atoms with van der Waals surface area (Å²) in [5.41, 5.74) is 2.08. The Labute approximate surface area is 158 Å². The van der Waals surface area contributed by atoms with Gasteiger partial charge in [-0.15, -0.1) is 0 Å². The molecule has 0 aromatic heterocycles. The summed E-state index contributed by atoms with van der Waals surface area (Å²) in [6, 6.07) is 4.54. The van der Waals surface area contributed by atoms with Gasteiger partial charge >= 0.3 is 0 Å². The molecule has 0 unspecified atom stereocenters. The fraction of sp³-hybridized carbons (Fsp3) is 0.727. The lowest BCUT2D eigenvalue weighted by molar-refractivity contribution is -0.108. The standard InChI is InChI=1S/C22H35NO3/c1-6-8-22(24)13-19-18-12-21(26-5)20(25-4)11-16(18)7-9-23(19)14-17(22)10-15(2)3/h11-12,15,17,19,24H,6-10,13-14H2,1-5H3/t17-,19-,22+/m1/s1. The highest BCUT2D eigenvalue weighted by molar-refractivity contribution is 5.49. The summed E-state index contributed by atoms with van der Waals surface area (Å²) in [4.78, 5) is 2.59. The van der Waals surface area contributed by atoms with Gasteiger partial charge in [0, 0.05) is 25.0 Å². The Kier molecular flexibility index (Phi) is 5.83. The fourth-order valence-electron chi connectivity index (χ4n) is 5.09. The molecule has 1 saturated heterocycles. The van der Waals surface area contributed by atoms with Crippen LogP contribution < -0.4 is 9.47 Å². The van der Waals surface area contributed by atoms with Crippen molar-refractivity contribution < 1.29 is 14.6 Å². The van der Waals surface area contributed by atoms with Crippen molar-refractivity contribution >= 4 is 0 Å². The highest BCUT2D eigenvalue weighted by atomic mass is 16.5. The minimum atomic E-state index is -0.568. The normalized spacial score (nSPS) is 28.6. The summed E-state index contributed by atoms with van der Waals surface area (Å²) in [6.07, 6.45) is 4.86. The van der Waals surface area contributed by atoms with E-state index in [9.17, 15) is 5.11 Å². The van der Waals surface area contributed by atoms with Gasteiger partial charge in [-0.1, -0.05) is 27.2 Å². The molecule has 1 fully saturated rings. The first kappa shape index (κ1) is 19.5. The van der Waals surface area contributed by atoms with Crippen LogP contribution in [0.4, 0.5) is 0 Å². The van der Waals surface area contributed by atoms with Crippen LogP contribution in [0.5, 0.6) is 11.5 Å². The van der Waals surface area contributed by atoms with Crippen LogP contribution in [0.3, 0.4) is 0 Å². The Morgan fingerprint density at radius 2 is 1.92 bits per heavy atom. The molecule has 0 amide bonds. The molecular formula is C22H35NO3. The molecule has 146 valence electrons. The second kappa shape index (κ2) is 7.77. The Balaban J connectivity index is 1.95. The molecule has 0 radical (unpaired) electrons. The average Bonchev–Trinajstić information content (AvgIpc) is 2.61. The van der Waals surface area contributed by atoms with Gasteiger partial charge in [-0.05, 0) is 54.9 Å². The number of fused-ring (bicyclic) bond motifs is 3. The maximum absolute atomic E-state index is 11.6. The van der Waals surface area contributed by atoms with Crippen LogP contribution >= 0.6 is 0 Å². The Bertz CT molecular complexity index is 630. The molecule has 0 aliphatic carbocycles. The van der Waals surface area contributed by atoms with Crippen molar-refractivity contribution in [3.05, 3.63) is 23.3 Å². The molecule has 3 rings (SSSR count). The summed E-state index contributed by atoms with van der Waals surface area (Å²) < 4.78 is 11.0. The van der Waals surface area contributed by atoms with Gasteiger partial charge in [0.05, 0.1) is 19.8 Å². The minimum absolute atomic E-state index is 0.276. The third-order valence-electron chi connectivity index (χ3n) is 6.31. The number of methoxy groups -OCH3 is 2. The first-order valence-corrected chi connectivity index (χ1v) is 10.1. The van der Waals surface area contributed by atoms with E-state index in [0.29, 0.717) is 11.8 Å². The third kappa shape index (κ3) is 3.59. The first-order valence-electron chi connectivity index (χ1n) is 10.1. The van der Waals surface area contributed by atoms with Gasteiger partial charge in [-0.25, -0.2) is 0 Å². The molecule has 0 spiro atoms. The molecule has 1 aromatic rings. The quantitative estimate of drug-likeness (QED) is 0.824. The first-order chi connectivity index (χ1) is 12.4. The molecule has 0 saturated carbocycles. The number of benzene rings is 1. The fourth-order valence-corrected chi connectivity index (χ4v) is 5.09. The van der Waals surface area contributed by atoms with Crippen molar-refractivity contribution in [3.8, 4) is 11.5 Å². The SMILES string of the molecule is CCC[C@]1(O)C[C@@H]2c3cc(OC)c(OC)cc3CCN2C[C@H]1CC(C)C. The number of aliphatic hydroxyl groups is 1. The molecular weight excluding hydrogens is 326 g/mol. The van der Waals surface area contributed by atoms with Gasteiger partial charge in [0.15, 0.2) is 11.5 Å². The zero-order valence-corrected chi connectivity index (χ0v) is 17.0. The van der Waals surface area contributed by atoms with E-state index in [0.717, 1.165) is 56.7 Å². The van der Waals surface area contributed by atoms with Gasteiger partial charge < -0.3 is 14.6 Å². The predicted octanol–water partition coefficient (Wildman–Crippen LogP) is 4.20. The van der Waals surface area contributed by atoms with E-state index in [1.807, 2.05) is 0 Å². The Hall–Kier alpha value is -1.26. The number of nitrogens with zero attached hydrogens (tertiary/aromatic N) is 1. The number of rotatable bonds is 6. The van der Waals surface area contributed by atoms with Gasteiger partial charge in [-0.3, -0.25) is 4.90 Å². The minimum Gasteiger partial charge on any atom is -0.493 e. The van der Waals surface area contributed by atoms with Crippen LogP contribution in [0.25, 0.3) is 0 Å². The molecule has 26 heavy (non-hydrogen) atoms. The van der Waals surface area contributed by atoms with Crippen molar-refractivity contribution in [2.45, 2.75) is 64.5 Å². The molecule has 2 aliphatic heterocycles. The maximum atomic E-state index is 11.6. The highest BCUT2D eigenvalue weighted by Crippen LogP contribution is 2.48. The van der Waals surface area contributed by atoms with Gasteiger partial charge in [0.25, 0.3) is 0 Å². The van der Waals surface area contributed by atoms with Crippen molar-refractivity contribution in [2.24, 2.45) is 11.8 Å². The number of hydrogen-bond acceptors (Lipinski definition) is 4. The van der Waals surface area contributed by atoms with E-state index in [1.54, 1.807) is 14.2 Å². The van der Waals surface area contributed by atoms with Crippen LogP contribution in [0, 0.1) is 11.8 Å². The zero-order chi connectivity index (χ0) is 18.9. The molecule has 2 heterocycles. The average molecular weight is 362 g/mol. The summed E-state index contributed by atoms with van der Waals surface area (Å²) >= 11 is 0. The monoisotopic (exact) mass is 361 g/mol. The molecule has 1 aromatic carbocycles. The smallest absolute Gasteiger partial charge is 0.161 e. The van der Waals surface area contributed by atoms with E-state index >= 15 is 0 Å². The summed E-state index contributed by atoms with van der Waals surface area (Å²) in [5, 5.41) is 11.6. The van der Waals surface area contributed by atoms with Crippen molar-refractivity contribution in [3.63, 3.8) is 0 Å². The van der Waals surface area contributed by atoms with Crippen LogP contribution in [0.1, 0.15) is 63.6 Å². The largest absolute Gasteiger partial charge is 0.493 e. The predicted molar refractivity (Wildman–Crippen MR) is 105 cm³/mol. The Morgan fingerprint density at radius 3 is 2.54 bits per heavy atom.